The quantitative estimate of drug-likeness (QED) is 0.602. The van der Waals surface area contributed by atoms with E-state index < -0.39 is 5.97 Å². The SMILES string of the molecule is CCCc1n(CCC#N)cc[n+]1CC(=O)[O-]. The highest BCUT2D eigenvalue weighted by Gasteiger charge is 2.15. The minimum Gasteiger partial charge on any atom is -0.546 e. The molecule has 1 rings (SSSR count). The number of nitriles is 1. The number of carboxylic acids is 1. The first kappa shape index (κ1) is 12.2. The van der Waals surface area contributed by atoms with Crippen molar-refractivity contribution < 1.29 is 14.5 Å². The van der Waals surface area contributed by atoms with Crippen molar-refractivity contribution in [3.8, 4) is 6.07 Å². The van der Waals surface area contributed by atoms with E-state index in [1.165, 1.54) is 0 Å². The second-order valence-electron chi connectivity index (χ2n) is 3.57. The fourth-order valence-corrected chi connectivity index (χ4v) is 1.67. The van der Waals surface area contributed by atoms with Crippen LogP contribution in [0.25, 0.3) is 0 Å². The summed E-state index contributed by atoms with van der Waals surface area (Å²) in [6.45, 7) is 2.51. The number of aromatic nitrogens is 2. The molecule has 5 nitrogen and oxygen atoms in total. The summed E-state index contributed by atoms with van der Waals surface area (Å²) in [5.74, 6) is -0.165. The third-order valence-corrected chi connectivity index (χ3v) is 2.33. The highest BCUT2D eigenvalue weighted by molar-refractivity contribution is 5.62. The van der Waals surface area contributed by atoms with Gasteiger partial charge in [0.1, 0.15) is 25.5 Å². The fourth-order valence-electron chi connectivity index (χ4n) is 1.67. The second-order valence-corrected chi connectivity index (χ2v) is 3.57. The van der Waals surface area contributed by atoms with Crippen molar-refractivity contribution in [2.75, 3.05) is 0 Å². The van der Waals surface area contributed by atoms with Crippen LogP contribution in [0.4, 0.5) is 0 Å². The summed E-state index contributed by atoms with van der Waals surface area (Å²) in [6.07, 6.45) is 5.69. The predicted molar refractivity (Wildman–Crippen MR) is 53.9 cm³/mol. The van der Waals surface area contributed by atoms with E-state index in [1.807, 2.05) is 17.7 Å². The zero-order valence-electron chi connectivity index (χ0n) is 9.35. The molecule has 86 valence electrons. The van der Waals surface area contributed by atoms with Crippen LogP contribution in [0.1, 0.15) is 25.6 Å². The van der Waals surface area contributed by atoms with Crippen LogP contribution in [0.3, 0.4) is 0 Å². The predicted octanol–water partition coefficient (Wildman–Crippen LogP) is -0.608. The van der Waals surface area contributed by atoms with Gasteiger partial charge in [-0.25, -0.2) is 9.13 Å². The summed E-state index contributed by atoms with van der Waals surface area (Å²) >= 11 is 0. The molecule has 0 fully saturated rings. The monoisotopic (exact) mass is 221 g/mol. The standard InChI is InChI=1S/C11H15N3O2/c1-2-4-10-13(6-3-5-12)7-8-14(10)9-11(15)16/h7-8H,2-4,6,9H2,1H3. The Hall–Kier alpha value is -1.83. The number of hydrogen-bond donors (Lipinski definition) is 0. The molecule has 0 atom stereocenters. The van der Waals surface area contributed by atoms with Gasteiger partial charge in [0, 0.05) is 6.42 Å². The number of aryl methyl sites for hydroxylation is 1. The molecule has 1 heterocycles. The summed E-state index contributed by atoms with van der Waals surface area (Å²) in [6, 6.07) is 2.08. The van der Waals surface area contributed by atoms with Crippen LogP contribution in [0.5, 0.6) is 0 Å². The van der Waals surface area contributed by atoms with Crippen molar-refractivity contribution in [1.29, 1.82) is 5.26 Å². The summed E-state index contributed by atoms with van der Waals surface area (Å²) in [4.78, 5) is 10.6. The first-order chi connectivity index (χ1) is 7.69. The number of rotatable bonds is 6. The Balaban J connectivity index is 2.88. The van der Waals surface area contributed by atoms with Gasteiger partial charge in [0.2, 0.25) is 0 Å². The maximum Gasteiger partial charge on any atom is 0.256 e. The van der Waals surface area contributed by atoms with Crippen molar-refractivity contribution in [1.82, 2.24) is 4.57 Å². The third kappa shape index (κ3) is 3.09. The van der Waals surface area contributed by atoms with Gasteiger partial charge in [-0.05, 0) is 6.42 Å². The Morgan fingerprint density at radius 1 is 1.69 bits per heavy atom. The van der Waals surface area contributed by atoms with E-state index in [0.717, 1.165) is 18.7 Å². The summed E-state index contributed by atoms with van der Waals surface area (Å²) < 4.78 is 3.59. The topological polar surface area (TPSA) is 72.7 Å². The van der Waals surface area contributed by atoms with Gasteiger partial charge in [0.05, 0.1) is 18.5 Å². The first-order valence-corrected chi connectivity index (χ1v) is 5.33. The van der Waals surface area contributed by atoms with E-state index in [1.54, 1.807) is 10.8 Å². The lowest BCUT2D eigenvalue weighted by Crippen LogP contribution is -2.45. The van der Waals surface area contributed by atoms with Crippen LogP contribution in [0.2, 0.25) is 0 Å². The van der Waals surface area contributed by atoms with Gasteiger partial charge in [-0.1, -0.05) is 6.92 Å². The van der Waals surface area contributed by atoms with Gasteiger partial charge in [-0.3, -0.25) is 0 Å². The Morgan fingerprint density at radius 3 is 3.00 bits per heavy atom. The van der Waals surface area contributed by atoms with Gasteiger partial charge >= 0.3 is 0 Å². The number of aliphatic carboxylic acids is 1. The first-order valence-electron chi connectivity index (χ1n) is 5.33. The number of nitrogens with zero attached hydrogens (tertiary/aromatic N) is 3. The lowest BCUT2D eigenvalue weighted by molar-refractivity contribution is -0.697. The van der Waals surface area contributed by atoms with Crippen LogP contribution in [-0.2, 0) is 24.3 Å². The van der Waals surface area contributed by atoms with E-state index in [9.17, 15) is 9.90 Å². The molecule has 0 unspecified atom stereocenters. The molecule has 0 saturated heterocycles. The lowest BCUT2D eigenvalue weighted by Gasteiger charge is -2.03. The Bertz CT molecular complexity index is 404. The summed E-state index contributed by atoms with van der Waals surface area (Å²) in [5, 5.41) is 19.1. The number of carbonyl (C=O) groups is 1. The van der Waals surface area contributed by atoms with Gasteiger partial charge in [-0.2, -0.15) is 5.26 Å². The minimum atomic E-state index is -1.10. The Morgan fingerprint density at radius 2 is 2.44 bits per heavy atom. The molecule has 1 aromatic rings. The van der Waals surface area contributed by atoms with Crippen LogP contribution >= 0.6 is 0 Å². The van der Waals surface area contributed by atoms with E-state index in [-0.39, 0.29) is 6.54 Å². The summed E-state index contributed by atoms with van der Waals surface area (Å²) in [5.41, 5.74) is 0. The largest absolute Gasteiger partial charge is 0.546 e. The maximum absolute atomic E-state index is 10.6. The van der Waals surface area contributed by atoms with E-state index >= 15 is 0 Å². The van der Waals surface area contributed by atoms with Crippen LogP contribution in [0.15, 0.2) is 12.4 Å². The molecule has 0 aliphatic carbocycles. The summed E-state index contributed by atoms with van der Waals surface area (Å²) in [7, 11) is 0. The van der Waals surface area contributed by atoms with Gasteiger partial charge in [0.15, 0.2) is 0 Å². The number of hydrogen-bond acceptors (Lipinski definition) is 3. The molecule has 16 heavy (non-hydrogen) atoms. The van der Waals surface area contributed by atoms with Crippen LogP contribution in [0, 0.1) is 11.3 Å². The molecule has 5 heteroatoms. The molecule has 1 aromatic heterocycles. The molecule has 0 radical (unpaired) electrons. The molecular weight excluding hydrogens is 206 g/mol. The van der Waals surface area contributed by atoms with Gasteiger partial charge in [-0.15, -0.1) is 0 Å². The van der Waals surface area contributed by atoms with Gasteiger partial charge in [0.25, 0.3) is 5.82 Å². The smallest absolute Gasteiger partial charge is 0.256 e. The molecular formula is C11H15N3O2. The maximum atomic E-state index is 10.6. The highest BCUT2D eigenvalue weighted by atomic mass is 16.4. The fraction of sp³-hybridized carbons (Fsp3) is 0.545. The zero-order chi connectivity index (χ0) is 12.0. The highest BCUT2D eigenvalue weighted by Crippen LogP contribution is 2.01. The third-order valence-electron chi connectivity index (χ3n) is 2.33. The molecule has 0 aliphatic rings. The van der Waals surface area contributed by atoms with Crippen molar-refractivity contribution in [2.45, 2.75) is 39.3 Å². The molecule has 0 aromatic carbocycles. The molecule has 0 N–H and O–H groups in total. The average Bonchev–Trinajstić information content (AvgIpc) is 2.59. The van der Waals surface area contributed by atoms with Crippen molar-refractivity contribution in [3.63, 3.8) is 0 Å². The van der Waals surface area contributed by atoms with Gasteiger partial charge < -0.3 is 9.90 Å². The van der Waals surface area contributed by atoms with Crippen molar-refractivity contribution >= 4 is 5.97 Å². The number of carboxylic acid groups (broad SMARTS) is 1. The average molecular weight is 221 g/mol. The second kappa shape index (κ2) is 5.91. The van der Waals surface area contributed by atoms with E-state index in [0.29, 0.717) is 13.0 Å². The molecule has 0 saturated carbocycles. The molecule has 0 amide bonds. The van der Waals surface area contributed by atoms with Crippen LogP contribution < -0.4 is 9.67 Å². The van der Waals surface area contributed by atoms with Crippen molar-refractivity contribution in [3.05, 3.63) is 18.2 Å². The molecule has 0 aliphatic heterocycles. The lowest BCUT2D eigenvalue weighted by atomic mass is 10.3. The molecule has 0 spiro atoms. The Labute approximate surface area is 94.5 Å². The minimum absolute atomic E-state index is 0.130. The van der Waals surface area contributed by atoms with E-state index in [2.05, 4.69) is 6.07 Å². The van der Waals surface area contributed by atoms with E-state index in [4.69, 9.17) is 5.26 Å². The van der Waals surface area contributed by atoms with Crippen LogP contribution in [-0.4, -0.2) is 10.5 Å². The number of imidazole rings is 1. The molecule has 0 bridgehead atoms. The number of carbonyl (C=O) groups excluding carboxylic acids is 1. The Kier molecular flexibility index (Phi) is 4.52. The van der Waals surface area contributed by atoms with Crippen molar-refractivity contribution in [2.24, 2.45) is 0 Å². The normalized spacial score (nSPS) is 10.0. The zero-order valence-corrected chi connectivity index (χ0v) is 9.35.